The molecule has 0 aromatic heterocycles. The van der Waals surface area contributed by atoms with Gasteiger partial charge in [-0.15, -0.1) is 0 Å². The molecular weight excluding hydrogens is 360 g/mol. The first-order valence-electron chi connectivity index (χ1n) is 5.16. The van der Waals surface area contributed by atoms with Crippen molar-refractivity contribution in [2.45, 2.75) is 20.0 Å². The van der Waals surface area contributed by atoms with Crippen LogP contribution in [-0.2, 0) is 14.9 Å². The van der Waals surface area contributed by atoms with Crippen molar-refractivity contribution < 1.29 is 17.9 Å². The van der Waals surface area contributed by atoms with Gasteiger partial charge in [0.15, 0.2) is 0 Å². The molecule has 0 fully saturated rings. The van der Waals surface area contributed by atoms with Crippen molar-refractivity contribution in [3.63, 3.8) is 0 Å². The molecule has 106 valence electrons. The van der Waals surface area contributed by atoms with Crippen LogP contribution in [0.3, 0.4) is 0 Å². The highest BCUT2D eigenvalue weighted by molar-refractivity contribution is 9.10. The molecule has 0 aliphatic rings. The molecule has 0 spiro atoms. The zero-order valence-electron chi connectivity index (χ0n) is 10.1. The molecular formula is C10H12BrClN2O4S. The second-order valence-electron chi connectivity index (χ2n) is 3.76. The first kappa shape index (κ1) is 16.1. The maximum Gasteiger partial charge on any atom is 0.422 e. The number of ether oxygens (including phenoxy) is 1. The lowest BCUT2D eigenvalue weighted by Gasteiger charge is -2.12. The molecule has 2 N–H and O–H groups in total. The van der Waals surface area contributed by atoms with Crippen molar-refractivity contribution in [2.75, 3.05) is 4.72 Å². The Kier molecular flexibility index (Phi) is 5.45. The fourth-order valence-corrected chi connectivity index (χ4v) is 2.55. The Bertz CT molecular complexity index is 577. The molecule has 0 radical (unpaired) electrons. The Morgan fingerprint density at radius 3 is 2.63 bits per heavy atom. The standard InChI is InChI=1S/C10H12BrClN2O4S/c1-6(2)18-10(15)14-19(16,17)13-8-5-3-4-7(12)9(8)11/h3-6,13H,1-2H3,(H,14,15). The molecule has 0 unspecified atom stereocenters. The summed E-state index contributed by atoms with van der Waals surface area (Å²) in [5.74, 6) is 0. The Labute approximate surface area is 124 Å². The van der Waals surface area contributed by atoms with Crippen LogP contribution in [0, 0.1) is 0 Å². The second-order valence-corrected chi connectivity index (χ2v) is 6.38. The van der Waals surface area contributed by atoms with Crippen LogP contribution in [0.2, 0.25) is 5.02 Å². The number of rotatable bonds is 4. The van der Waals surface area contributed by atoms with Gasteiger partial charge in [0, 0.05) is 0 Å². The molecule has 9 heteroatoms. The van der Waals surface area contributed by atoms with Gasteiger partial charge in [-0.05, 0) is 41.9 Å². The number of nitrogens with one attached hydrogen (secondary N) is 2. The van der Waals surface area contributed by atoms with Crippen molar-refractivity contribution >= 4 is 49.5 Å². The number of carbonyl (C=O) groups excluding carboxylic acids is 1. The number of benzene rings is 1. The zero-order valence-corrected chi connectivity index (χ0v) is 13.3. The van der Waals surface area contributed by atoms with Gasteiger partial charge in [-0.1, -0.05) is 17.7 Å². The smallest absolute Gasteiger partial charge is 0.422 e. The van der Waals surface area contributed by atoms with Gasteiger partial charge in [-0.25, -0.2) is 9.52 Å². The molecule has 0 saturated heterocycles. The lowest BCUT2D eigenvalue weighted by molar-refractivity contribution is 0.121. The van der Waals surface area contributed by atoms with Crippen LogP contribution in [-0.4, -0.2) is 20.6 Å². The minimum absolute atomic E-state index is 0.206. The summed E-state index contributed by atoms with van der Waals surface area (Å²) in [6.07, 6.45) is -1.48. The van der Waals surface area contributed by atoms with Crippen molar-refractivity contribution in [1.82, 2.24) is 4.72 Å². The average molecular weight is 372 g/mol. The summed E-state index contributed by atoms with van der Waals surface area (Å²) in [5, 5.41) is 0.338. The van der Waals surface area contributed by atoms with Crippen molar-refractivity contribution in [3.05, 3.63) is 27.7 Å². The fourth-order valence-electron chi connectivity index (χ4n) is 1.10. The van der Waals surface area contributed by atoms with Crippen LogP contribution in [0.25, 0.3) is 0 Å². The molecule has 6 nitrogen and oxygen atoms in total. The van der Waals surface area contributed by atoms with Crippen LogP contribution < -0.4 is 9.44 Å². The van der Waals surface area contributed by atoms with E-state index in [-0.39, 0.29) is 5.69 Å². The maximum atomic E-state index is 11.7. The first-order chi connectivity index (χ1) is 8.71. The number of amides is 1. The van der Waals surface area contributed by atoms with Crippen molar-refractivity contribution in [2.24, 2.45) is 0 Å². The second kappa shape index (κ2) is 6.44. The van der Waals surface area contributed by atoms with Gasteiger partial charge in [-0.2, -0.15) is 8.42 Å². The van der Waals surface area contributed by atoms with Crippen molar-refractivity contribution in [3.8, 4) is 0 Å². The van der Waals surface area contributed by atoms with Crippen molar-refractivity contribution in [1.29, 1.82) is 0 Å². The van der Waals surface area contributed by atoms with Gasteiger partial charge in [0.1, 0.15) is 0 Å². The molecule has 1 aromatic carbocycles. The van der Waals surface area contributed by atoms with E-state index in [9.17, 15) is 13.2 Å². The molecule has 1 aromatic rings. The summed E-state index contributed by atoms with van der Waals surface area (Å²) < 4.78 is 32.3. The normalized spacial score (nSPS) is 11.2. The lowest BCUT2D eigenvalue weighted by atomic mass is 10.3. The number of carbonyl (C=O) groups is 1. The minimum Gasteiger partial charge on any atom is -0.446 e. The molecule has 1 amide bonds. The summed E-state index contributed by atoms with van der Waals surface area (Å²) >= 11 is 8.96. The van der Waals surface area contributed by atoms with E-state index in [4.69, 9.17) is 11.6 Å². The topological polar surface area (TPSA) is 84.5 Å². The minimum atomic E-state index is -4.08. The Balaban J connectivity index is 2.80. The summed E-state index contributed by atoms with van der Waals surface area (Å²) in [7, 11) is -4.08. The molecule has 19 heavy (non-hydrogen) atoms. The van der Waals surface area contributed by atoms with E-state index in [1.807, 2.05) is 0 Å². The van der Waals surface area contributed by atoms with Crippen LogP contribution in [0.1, 0.15) is 13.8 Å². The number of anilines is 1. The largest absolute Gasteiger partial charge is 0.446 e. The van der Waals surface area contributed by atoms with E-state index in [1.54, 1.807) is 30.7 Å². The van der Waals surface area contributed by atoms with Crippen LogP contribution in [0.5, 0.6) is 0 Å². The number of halogens is 2. The number of hydrogen-bond donors (Lipinski definition) is 2. The van der Waals surface area contributed by atoms with E-state index < -0.39 is 22.4 Å². The summed E-state index contributed by atoms with van der Waals surface area (Å²) in [4.78, 5) is 11.2. The van der Waals surface area contributed by atoms with Gasteiger partial charge in [0.05, 0.1) is 21.3 Å². The van der Waals surface area contributed by atoms with E-state index in [1.165, 1.54) is 6.07 Å². The molecule has 0 aliphatic heterocycles. The quantitative estimate of drug-likeness (QED) is 0.852. The van der Waals surface area contributed by atoms with Gasteiger partial charge in [0.25, 0.3) is 0 Å². The predicted molar refractivity (Wildman–Crippen MR) is 76.4 cm³/mol. The van der Waals surface area contributed by atoms with E-state index >= 15 is 0 Å². The Morgan fingerprint density at radius 1 is 1.42 bits per heavy atom. The van der Waals surface area contributed by atoms with Crippen LogP contribution >= 0.6 is 27.5 Å². The third-order valence-electron chi connectivity index (χ3n) is 1.76. The SMILES string of the molecule is CC(C)OC(=O)NS(=O)(=O)Nc1cccc(Cl)c1Br. The fraction of sp³-hybridized carbons (Fsp3) is 0.300. The third-order valence-corrected chi connectivity index (χ3v) is 4.08. The summed E-state index contributed by atoms with van der Waals surface area (Å²) in [5.41, 5.74) is 0.206. The Hall–Kier alpha value is -0.990. The van der Waals surface area contributed by atoms with Gasteiger partial charge in [-0.3, -0.25) is 4.72 Å². The van der Waals surface area contributed by atoms with Crippen LogP contribution in [0.15, 0.2) is 22.7 Å². The molecule has 0 bridgehead atoms. The van der Waals surface area contributed by atoms with E-state index in [2.05, 4.69) is 25.4 Å². The molecule has 0 heterocycles. The van der Waals surface area contributed by atoms with E-state index in [0.717, 1.165) is 0 Å². The average Bonchev–Trinajstić information content (AvgIpc) is 2.22. The first-order valence-corrected chi connectivity index (χ1v) is 7.82. The van der Waals surface area contributed by atoms with Gasteiger partial charge >= 0.3 is 16.3 Å². The highest BCUT2D eigenvalue weighted by atomic mass is 79.9. The summed E-state index contributed by atoms with van der Waals surface area (Å²) in [6, 6.07) is 4.64. The Morgan fingerprint density at radius 2 is 2.05 bits per heavy atom. The van der Waals surface area contributed by atoms with Gasteiger partial charge in [0.2, 0.25) is 0 Å². The zero-order chi connectivity index (χ0) is 14.6. The van der Waals surface area contributed by atoms with E-state index in [0.29, 0.717) is 9.50 Å². The van der Waals surface area contributed by atoms with Gasteiger partial charge < -0.3 is 4.74 Å². The van der Waals surface area contributed by atoms with Crippen LogP contribution in [0.4, 0.5) is 10.5 Å². The molecule has 0 aliphatic carbocycles. The lowest BCUT2D eigenvalue weighted by Crippen LogP contribution is -2.36. The molecule has 0 saturated carbocycles. The predicted octanol–water partition coefficient (Wildman–Crippen LogP) is 2.89. The molecule has 1 rings (SSSR count). The monoisotopic (exact) mass is 370 g/mol. The molecule has 0 atom stereocenters. The third kappa shape index (κ3) is 5.25. The highest BCUT2D eigenvalue weighted by Crippen LogP contribution is 2.30. The highest BCUT2D eigenvalue weighted by Gasteiger charge is 2.18. The summed E-state index contributed by atoms with van der Waals surface area (Å²) in [6.45, 7) is 3.21. The number of hydrogen-bond acceptors (Lipinski definition) is 4. The maximum absolute atomic E-state index is 11.7.